The summed E-state index contributed by atoms with van der Waals surface area (Å²) in [7, 11) is 0. The summed E-state index contributed by atoms with van der Waals surface area (Å²) in [6.07, 6.45) is 6.35. The Morgan fingerprint density at radius 2 is 1.48 bits per heavy atom. The van der Waals surface area contributed by atoms with Crippen LogP contribution in [-0.4, -0.2) is 15.0 Å². The molecule has 3 heterocycles. The van der Waals surface area contributed by atoms with Crippen LogP contribution in [0.5, 0.6) is 0 Å². The average Bonchev–Trinajstić information content (AvgIpc) is 2.71. The zero-order valence-corrected chi connectivity index (χ0v) is 18.6. The molecule has 0 amide bonds. The summed E-state index contributed by atoms with van der Waals surface area (Å²) in [6.45, 7) is 9.57. The predicted molar refractivity (Wildman–Crippen MR) is 116 cm³/mol. The molecule has 0 radical (unpaired) electrons. The molecule has 0 aliphatic heterocycles. The van der Waals surface area contributed by atoms with Gasteiger partial charge in [-0.05, 0) is 66.3 Å². The molecule has 2 atom stereocenters. The monoisotopic (exact) mass is 427 g/mol. The van der Waals surface area contributed by atoms with E-state index in [0.29, 0.717) is 35.2 Å². The molecule has 2 unspecified atom stereocenters. The second-order valence-corrected chi connectivity index (χ2v) is 8.55. The molecule has 0 aliphatic rings. The molecule has 0 aromatic carbocycles. The predicted octanol–water partition coefficient (Wildman–Crippen LogP) is 6.41. The van der Waals surface area contributed by atoms with Gasteiger partial charge in [0.15, 0.2) is 0 Å². The molecule has 3 aromatic rings. The van der Waals surface area contributed by atoms with Crippen LogP contribution in [0.15, 0.2) is 36.9 Å². The zero-order valence-electron chi connectivity index (χ0n) is 18.6. The van der Waals surface area contributed by atoms with Crippen molar-refractivity contribution in [1.29, 1.82) is 0 Å². The molecule has 3 aromatic heterocycles. The Hall–Kier alpha value is -2.76. The smallest absolute Gasteiger partial charge is 0.145 e. The Morgan fingerprint density at radius 3 is 2.16 bits per heavy atom. The lowest BCUT2D eigenvalue weighted by atomic mass is 9.90. The lowest BCUT2D eigenvalue weighted by Crippen LogP contribution is -2.10. The summed E-state index contributed by atoms with van der Waals surface area (Å²) >= 11 is 0. The Morgan fingerprint density at radius 1 is 0.806 bits per heavy atom. The number of rotatable bonds is 7. The lowest BCUT2D eigenvalue weighted by Gasteiger charge is -2.19. The van der Waals surface area contributed by atoms with Crippen molar-refractivity contribution in [3.05, 3.63) is 88.0 Å². The molecule has 0 bridgehead atoms. The molecule has 31 heavy (non-hydrogen) atoms. The fourth-order valence-electron chi connectivity index (χ4n) is 4.12. The van der Waals surface area contributed by atoms with Gasteiger partial charge < -0.3 is 0 Å². The highest BCUT2D eigenvalue weighted by molar-refractivity contribution is 5.34. The largest absolute Gasteiger partial charge is 0.264 e. The molecule has 0 saturated carbocycles. The van der Waals surface area contributed by atoms with E-state index in [2.05, 4.69) is 15.0 Å². The molecule has 3 rings (SSSR count). The van der Waals surface area contributed by atoms with E-state index in [0.717, 1.165) is 11.3 Å². The fraction of sp³-hybridized carbons (Fsp3) is 0.400. The molecule has 3 nitrogen and oxygen atoms in total. The molecule has 0 N–H and O–H groups in total. The molecule has 0 aliphatic carbocycles. The molecular weight excluding hydrogens is 399 g/mol. The summed E-state index contributed by atoms with van der Waals surface area (Å²) in [5, 5.41) is 0. The maximum Gasteiger partial charge on any atom is 0.145 e. The van der Waals surface area contributed by atoms with Gasteiger partial charge in [0.25, 0.3) is 0 Å². The van der Waals surface area contributed by atoms with Gasteiger partial charge in [-0.25, -0.2) is 13.2 Å². The minimum absolute atomic E-state index is 0.0377. The van der Waals surface area contributed by atoms with Gasteiger partial charge >= 0.3 is 0 Å². The van der Waals surface area contributed by atoms with Crippen molar-refractivity contribution in [2.24, 2.45) is 0 Å². The molecule has 0 fully saturated rings. The first-order valence-electron chi connectivity index (χ1n) is 10.6. The van der Waals surface area contributed by atoms with Crippen LogP contribution < -0.4 is 0 Å². The first kappa shape index (κ1) is 22.9. The zero-order chi connectivity index (χ0) is 22.7. The summed E-state index contributed by atoms with van der Waals surface area (Å²) in [5.74, 6) is -1.29. The van der Waals surface area contributed by atoms with Gasteiger partial charge in [0.2, 0.25) is 0 Å². The first-order chi connectivity index (χ1) is 14.7. The van der Waals surface area contributed by atoms with Gasteiger partial charge in [-0.3, -0.25) is 15.0 Å². The molecular formula is C25H28F3N3. The topological polar surface area (TPSA) is 38.7 Å². The molecule has 0 spiro atoms. The Bertz CT molecular complexity index is 1070. The third kappa shape index (κ3) is 5.12. The molecule has 6 heteroatoms. The van der Waals surface area contributed by atoms with E-state index >= 15 is 0 Å². The first-order valence-corrected chi connectivity index (χ1v) is 10.6. The van der Waals surface area contributed by atoms with Gasteiger partial charge in [-0.15, -0.1) is 0 Å². The number of hydrogen-bond acceptors (Lipinski definition) is 3. The van der Waals surface area contributed by atoms with E-state index in [1.165, 1.54) is 30.9 Å². The summed E-state index contributed by atoms with van der Waals surface area (Å²) < 4.78 is 42.9. The number of halogens is 3. The fourth-order valence-corrected chi connectivity index (χ4v) is 4.12. The van der Waals surface area contributed by atoms with Crippen LogP contribution >= 0.6 is 0 Å². The van der Waals surface area contributed by atoms with Gasteiger partial charge in [-0.1, -0.05) is 27.7 Å². The third-order valence-corrected chi connectivity index (χ3v) is 5.82. The third-order valence-electron chi connectivity index (χ3n) is 5.82. The number of hydrogen-bond donors (Lipinski definition) is 0. The highest BCUT2D eigenvalue weighted by Gasteiger charge is 2.20. The SMILES string of the molecule is Cc1c(CC(C)c2cc(CC(C)c3cnccc3F)ncc2F)ncc(F)c1C(C)C. The number of pyridine rings is 3. The van der Waals surface area contributed by atoms with Gasteiger partial charge in [0.1, 0.15) is 17.5 Å². The maximum atomic E-state index is 14.6. The summed E-state index contributed by atoms with van der Waals surface area (Å²) in [6, 6.07) is 3.08. The van der Waals surface area contributed by atoms with Crippen LogP contribution in [-0.2, 0) is 12.8 Å². The normalized spacial score (nSPS) is 13.5. The van der Waals surface area contributed by atoms with E-state index in [-0.39, 0.29) is 35.2 Å². The van der Waals surface area contributed by atoms with Crippen LogP contribution in [0.4, 0.5) is 13.2 Å². The number of aromatic nitrogens is 3. The van der Waals surface area contributed by atoms with E-state index in [1.54, 1.807) is 6.07 Å². The quantitative estimate of drug-likeness (QED) is 0.437. The van der Waals surface area contributed by atoms with E-state index in [1.807, 2.05) is 34.6 Å². The second kappa shape index (κ2) is 9.58. The maximum absolute atomic E-state index is 14.6. The second-order valence-electron chi connectivity index (χ2n) is 8.55. The van der Waals surface area contributed by atoms with Crippen LogP contribution in [0.2, 0.25) is 0 Å². The molecule has 164 valence electrons. The van der Waals surface area contributed by atoms with Crippen LogP contribution in [0.3, 0.4) is 0 Å². The van der Waals surface area contributed by atoms with Crippen molar-refractivity contribution >= 4 is 0 Å². The van der Waals surface area contributed by atoms with Crippen LogP contribution in [0.25, 0.3) is 0 Å². The minimum Gasteiger partial charge on any atom is -0.264 e. The van der Waals surface area contributed by atoms with Crippen molar-refractivity contribution < 1.29 is 13.2 Å². The highest BCUT2D eigenvalue weighted by atomic mass is 19.1. The highest BCUT2D eigenvalue weighted by Crippen LogP contribution is 2.29. The number of nitrogens with zero attached hydrogens (tertiary/aromatic N) is 3. The Kier molecular flexibility index (Phi) is 7.08. The van der Waals surface area contributed by atoms with Crippen LogP contribution in [0, 0.1) is 24.4 Å². The van der Waals surface area contributed by atoms with Crippen molar-refractivity contribution in [2.45, 2.75) is 65.2 Å². The van der Waals surface area contributed by atoms with E-state index < -0.39 is 0 Å². The van der Waals surface area contributed by atoms with Gasteiger partial charge in [-0.2, -0.15) is 0 Å². The minimum atomic E-state index is -0.389. The van der Waals surface area contributed by atoms with E-state index in [4.69, 9.17) is 0 Å². The summed E-state index contributed by atoms with van der Waals surface area (Å²) in [5.41, 5.74) is 3.96. The van der Waals surface area contributed by atoms with Crippen molar-refractivity contribution in [3.8, 4) is 0 Å². The van der Waals surface area contributed by atoms with Crippen molar-refractivity contribution in [3.63, 3.8) is 0 Å². The van der Waals surface area contributed by atoms with Crippen molar-refractivity contribution in [2.75, 3.05) is 0 Å². The van der Waals surface area contributed by atoms with Gasteiger partial charge in [0, 0.05) is 29.3 Å². The van der Waals surface area contributed by atoms with Crippen molar-refractivity contribution in [1.82, 2.24) is 15.0 Å². The average molecular weight is 428 g/mol. The Labute approximate surface area is 181 Å². The standard InChI is InChI=1S/C25H28F3N3/c1-14(2)25-17(5)24(31-13-23(25)28)9-16(4)19-10-18(30-12-22(19)27)8-15(3)20-11-29-7-6-21(20)26/h6-7,10-16H,8-9H2,1-5H3. The van der Waals surface area contributed by atoms with Gasteiger partial charge in [0.05, 0.1) is 12.4 Å². The summed E-state index contributed by atoms with van der Waals surface area (Å²) in [4.78, 5) is 12.5. The Balaban J connectivity index is 1.83. The van der Waals surface area contributed by atoms with Crippen LogP contribution in [0.1, 0.15) is 79.1 Å². The molecule has 0 saturated heterocycles. The van der Waals surface area contributed by atoms with E-state index in [9.17, 15) is 13.2 Å². The lowest BCUT2D eigenvalue weighted by molar-refractivity contribution is 0.564.